The van der Waals surface area contributed by atoms with E-state index in [0.29, 0.717) is 12.5 Å². The van der Waals surface area contributed by atoms with Gasteiger partial charge in [0.1, 0.15) is 23.9 Å². The first-order valence-electron chi connectivity index (χ1n) is 7.96. The molecule has 0 saturated carbocycles. The molecule has 0 aliphatic carbocycles. The second kappa shape index (κ2) is 7.91. The molecule has 0 saturated heterocycles. The van der Waals surface area contributed by atoms with Crippen molar-refractivity contribution < 1.29 is 14.2 Å². The van der Waals surface area contributed by atoms with Gasteiger partial charge in [0, 0.05) is 17.7 Å². The van der Waals surface area contributed by atoms with Crippen LogP contribution >= 0.6 is 0 Å². The molecular weight excluding hydrogens is 288 g/mol. The Labute approximate surface area is 139 Å². The average molecular weight is 314 g/mol. The van der Waals surface area contributed by atoms with Gasteiger partial charge in [-0.3, -0.25) is 0 Å². The second-order valence-electron chi connectivity index (χ2n) is 6.18. The molecule has 0 bridgehead atoms. The highest BCUT2D eigenvalue weighted by Crippen LogP contribution is 2.36. The van der Waals surface area contributed by atoms with Crippen molar-refractivity contribution in [1.29, 1.82) is 0 Å². The van der Waals surface area contributed by atoms with E-state index >= 15 is 0 Å². The Kier molecular flexibility index (Phi) is 5.91. The van der Waals surface area contributed by atoms with Crippen LogP contribution in [-0.2, 0) is 13.0 Å². The lowest BCUT2D eigenvalue weighted by molar-refractivity contribution is 0.299. The summed E-state index contributed by atoms with van der Waals surface area (Å²) in [4.78, 5) is 0. The molecule has 0 heterocycles. The highest BCUT2D eigenvalue weighted by atomic mass is 16.5. The van der Waals surface area contributed by atoms with Crippen LogP contribution in [0.3, 0.4) is 0 Å². The third-order valence-electron chi connectivity index (χ3n) is 3.72. The van der Waals surface area contributed by atoms with Crippen LogP contribution in [0.2, 0.25) is 0 Å². The first kappa shape index (κ1) is 17.2. The monoisotopic (exact) mass is 314 g/mol. The van der Waals surface area contributed by atoms with Gasteiger partial charge in [0.15, 0.2) is 0 Å². The zero-order chi connectivity index (χ0) is 16.8. The first-order chi connectivity index (χ1) is 11.0. The van der Waals surface area contributed by atoms with Crippen LogP contribution in [0.1, 0.15) is 30.5 Å². The van der Waals surface area contributed by atoms with Gasteiger partial charge in [-0.2, -0.15) is 0 Å². The molecule has 3 heteroatoms. The molecule has 0 aromatic heterocycles. The summed E-state index contributed by atoms with van der Waals surface area (Å²) < 4.78 is 17.0. The van der Waals surface area contributed by atoms with E-state index in [0.717, 1.165) is 34.8 Å². The van der Waals surface area contributed by atoms with Crippen molar-refractivity contribution in [2.75, 3.05) is 14.2 Å². The molecule has 0 spiro atoms. The zero-order valence-electron chi connectivity index (χ0n) is 14.7. The van der Waals surface area contributed by atoms with E-state index in [1.165, 1.54) is 5.56 Å². The summed E-state index contributed by atoms with van der Waals surface area (Å²) >= 11 is 0. The Morgan fingerprint density at radius 1 is 0.913 bits per heavy atom. The SMILES string of the molecule is COc1cc(OCc2ccc(C)cc2)cc(OC)c1CC(C)C. The van der Waals surface area contributed by atoms with Crippen molar-refractivity contribution in [1.82, 2.24) is 0 Å². The van der Waals surface area contributed by atoms with Gasteiger partial charge in [-0.05, 0) is 24.8 Å². The fraction of sp³-hybridized carbons (Fsp3) is 0.400. The number of hydrogen-bond donors (Lipinski definition) is 0. The molecule has 0 radical (unpaired) electrons. The number of benzene rings is 2. The molecule has 0 aliphatic rings. The third-order valence-corrected chi connectivity index (χ3v) is 3.72. The largest absolute Gasteiger partial charge is 0.496 e. The van der Waals surface area contributed by atoms with E-state index in [2.05, 4.69) is 45.0 Å². The zero-order valence-corrected chi connectivity index (χ0v) is 14.7. The van der Waals surface area contributed by atoms with Gasteiger partial charge in [-0.1, -0.05) is 43.7 Å². The van der Waals surface area contributed by atoms with Crippen LogP contribution in [0.4, 0.5) is 0 Å². The Hall–Kier alpha value is -2.16. The van der Waals surface area contributed by atoms with Gasteiger partial charge >= 0.3 is 0 Å². The van der Waals surface area contributed by atoms with Gasteiger partial charge in [0.2, 0.25) is 0 Å². The predicted molar refractivity (Wildman–Crippen MR) is 93.6 cm³/mol. The van der Waals surface area contributed by atoms with Crippen LogP contribution in [0, 0.1) is 12.8 Å². The van der Waals surface area contributed by atoms with Gasteiger partial charge in [-0.15, -0.1) is 0 Å². The third kappa shape index (κ3) is 4.65. The van der Waals surface area contributed by atoms with Gasteiger partial charge in [0.05, 0.1) is 14.2 Å². The van der Waals surface area contributed by atoms with Crippen LogP contribution in [0.5, 0.6) is 17.2 Å². The summed E-state index contributed by atoms with van der Waals surface area (Å²) in [5, 5.41) is 0. The highest BCUT2D eigenvalue weighted by molar-refractivity contribution is 5.51. The summed E-state index contributed by atoms with van der Waals surface area (Å²) in [5.74, 6) is 2.91. The summed E-state index contributed by atoms with van der Waals surface area (Å²) in [6.45, 7) is 6.96. The Morgan fingerprint density at radius 2 is 1.48 bits per heavy atom. The normalized spacial score (nSPS) is 10.7. The molecule has 0 N–H and O–H groups in total. The minimum atomic E-state index is 0.524. The van der Waals surface area contributed by atoms with E-state index < -0.39 is 0 Å². The Bertz CT molecular complexity index is 605. The number of hydrogen-bond acceptors (Lipinski definition) is 3. The topological polar surface area (TPSA) is 27.7 Å². The molecule has 3 nitrogen and oxygen atoms in total. The smallest absolute Gasteiger partial charge is 0.129 e. The number of aryl methyl sites for hydroxylation is 1. The van der Waals surface area contributed by atoms with Crippen LogP contribution < -0.4 is 14.2 Å². The van der Waals surface area contributed by atoms with Crippen LogP contribution in [0.25, 0.3) is 0 Å². The van der Waals surface area contributed by atoms with Gasteiger partial charge in [0.25, 0.3) is 0 Å². The van der Waals surface area contributed by atoms with Gasteiger partial charge in [-0.25, -0.2) is 0 Å². The Morgan fingerprint density at radius 3 is 1.96 bits per heavy atom. The lowest BCUT2D eigenvalue weighted by atomic mass is 10.0. The van der Waals surface area contributed by atoms with E-state index in [4.69, 9.17) is 14.2 Å². The van der Waals surface area contributed by atoms with Crippen molar-refractivity contribution in [2.45, 2.75) is 33.8 Å². The number of ether oxygens (including phenoxy) is 3. The van der Waals surface area contributed by atoms with Crippen molar-refractivity contribution >= 4 is 0 Å². The summed E-state index contributed by atoms with van der Waals surface area (Å²) in [7, 11) is 3.37. The molecule has 2 aromatic rings. The molecule has 2 rings (SSSR count). The molecule has 0 fully saturated rings. The maximum absolute atomic E-state index is 5.92. The number of rotatable bonds is 7. The molecule has 23 heavy (non-hydrogen) atoms. The maximum atomic E-state index is 5.92. The van der Waals surface area contributed by atoms with E-state index in [1.54, 1.807) is 14.2 Å². The summed E-state index contributed by atoms with van der Waals surface area (Å²) in [6.07, 6.45) is 0.907. The molecule has 0 unspecified atom stereocenters. The minimum absolute atomic E-state index is 0.524. The van der Waals surface area contributed by atoms with E-state index in [-0.39, 0.29) is 0 Å². The molecule has 0 amide bonds. The maximum Gasteiger partial charge on any atom is 0.129 e. The minimum Gasteiger partial charge on any atom is -0.496 e. The fourth-order valence-corrected chi connectivity index (χ4v) is 2.50. The first-order valence-corrected chi connectivity index (χ1v) is 7.96. The van der Waals surface area contributed by atoms with Crippen molar-refractivity contribution in [2.24, 2.45) is 5.92 Å². The quantitative estimate of drug-likeness (QED) is 0.735. The standard InChI is InChI=1S/C20H26O3/c1-14(2)10-18-19(21-4)11-17(12-20(18)22-5)23-13-16-8-6-15(3)7-9-16/h6-9,11-12,14H,10,13H2,1-5H3. The van der Waals surface area contributed by atoms with Crippen LogP contribution in [0.15, 0.2) is 36.4 Å². The highest BCUT2D eigenvalue weighted by Gasteiger charge is 2.14. The van der Waals surface area contributed by atoms with Crippen molar-refractivity contribution in [3.8, 4) is 17.2 Å². The molecule has 2 aromatic carbocycles. The lowest BCUT2D eigenvalue weighted by Crippen LogP contribution is -2.03. The van der Waals surface area contributed by atoms with E-state index in [1.807, 2.05) is 12.1 Å². The predicted octanol–water partition coefficient (Wildman–Crippen LogP) is 4.79. The van der Waals surface area contributed by atoms with Crippen molar-refractivity contribution in [3.05, 3.63) is 53.1 Å². The molecule has 0 aliphatic heterocycles. The van der Waals surface area contributed by atoms with E-state index in [9.17, 15) is 0 Å². The van der Waals surface area contributed by atoms with Crippen molar-refractivity contribution in [3.63, 3.8) is 0 Å². The molecule has 0 atom stereocenters. The summed E-state index contributed by atoms with van der Waals surface area (Å²) in [5.41, 5.74) is 3.47. The average Bonchev–Trinajstić information content (AvgIpc) is 2.54. The molecule has 124 valence electrons. The Balaban J connectivity index is 2.20. The molecular formula is C20H26O3. The lowest BCUT2D eigenvalue weighted by Gasteiger charge is -2.17. The second-order valence-corrected chi connectivity index (χ2v) is 6.18. The fourth-order valence-electron chi connectivity index (χ4n) is 2.50. The van der Waals surface area contributed by atoms with Crippen LogP contribution in [-0.4, -0.2) is 14.2 Å². The van der Waals surface area contributed by atoms with Gasteiger partial charge < -0.3 is 14.2 Å². The number of methoxy groups -OCH3 is 2. The summed E-state index contributed by atoms with van der Waals surface area (Å²) in [6, 6.07) is 12.2.